The van der Waals surface area contributed by atoms with Gasteiger partial charge in [0.1, 0.15) is 5.56 Å². The molecule has 0 N–H and O–H groups in total. The zero-order valence-electron chi connectivity index (χ0n) is 23.2. The normalized spacial score (nSPS) is 17.9. The number of nitrogens with zero attached hydrogens (tertiary/aromatic N) is 3. The molecule has 6 nitrogen and oxygen atoms in total. The summed E-state index contributed by atoms with van der Waals surface area (Å²) in [4.78, 5) is 28.4. The smallest absolute Gasteiger partial charge is 0.343 e. The van der Waals surface area contributed by atoms with Crippen molar-refractivity contribution < 1.29 is 14.3 Å². The molecule has 0 spiro atoms. The third-order valence-corrected chi connectivity index (χ3v) is 7.31. The number of rotatable bonds is 8. The van der Waals surface area contributed by atoms with Crippen LogP contribution in [0.15, 0.2) is 60.8 Å². The third kappa shape index (κ3) is 6.24. The molecular weight excluding hydrogens is 474 g/mol. The van der Waals surface area contributed by atoms with E-state index in [4.69, 9.17) is 9.84 Å². The van der Waals surface area contributed by atoms with E-state index >= 15 is 0 Å². The van der Waals surface area contributed by atoms with Crippen LogP contribution < -0.4 is 4.90 Å². The van der Waals surface area contributed by atoms with Crippen LogP contribution in [-0.4, -0.2) is 34.3 Å². The van der Waals surface area contributed by atoms with E-state index in [1.54, 1.807) is 22.7 Å². The number of carbonyl (C=O) groups excluding carboxylic acids is 2. The first-order valence-corrected chi connectivity index (χ1v) is 13.7. The molecule has 1 aromatic heterocycles. The van der Waals surface area contributed by atoms with Gasteiger partial charge in [-0.15, -0.1) is 5.10 Å². The Morgan fingerprint density at radius 1 is 1.05 bits per heavy atom. The van der Waals surface area contributed by atoms with Gasteiger partial charge in [0.2, 0.25) is 5.91 Å². The Kier molecular flexibility index (Phi) is 8.82. The zero-order chi connectivity index (χ0) is 27.2. The van der Waals surface area contributed by atoms with E-state index in [9.17, 15) is 9.59 Å². The molecule has 6 heteroatoms. The van der Waals surface area contributed by atoms with Crippen LogP contribution in [0.5, 0.6) is 0 Å². The van der Waals surface area contributed by atoms with Gasteiger partial charge in [0.05, 0.1) is 12.3 Å². The highest BCUT2D eigenvalue weighted by molar-refractivity contribution is 6.02. The second kappa shape index (κ2) is 12.2. The Hall–Kier alpha value is -3.67. The second-order valence-electron chi connectivity index (χ2n) is 10.6. The van der Waals surface area contributed by atoms with Crippen molar-refractivity contribution in [3.8, 4) is 5.69 Å². The fraction of sp³-hybridized carbons (Fsp3) is 0.406. The largest absolute Gasteiger partial charge is 0.462 e. The van der Waals surface area contributed by atoms with Crippen molar-refractivity contribution in [3.05, 3.63) is 77.5 Å². The molecule has 1 amide bonds. The topological polar surface area (TPSA) is 64.4 Å². The number of ether oxygens (including phenoxy) is 1. The number of esters is 1. The maximum atomic E-state index is 13.7. The summed E-state index contributed by atoms with van der Waals surface area (Å²) in [7, 11) is 0. The van der Waals surface area contributed by atoms with E-state index in [1.807, 2.05) is 56.3 Å². The van der Waals surface area contributed by atoms with Gasteiger partial charge in [0, 0.05) is 18.2 Å². The first-order valence-electron chi connectivity index (χ1n) is 13.7. The van der Waals surface area contributed by atoms with Crippen LogP contribution in [0.2, 0.25) is 0 Å². The lowest BCUT2D eigenvalue weighted by molar-refractivity contribution is -0.124. The lowest BCUT2D eigenvalue weighted by atomic mass is 9.82. The lowest BCUT2D eigenvalue weighted by Gasteiger charge is -2.32. The van der Waals surface area contributed by atoms with Gasteiger partial charge in [-0.2, -0.15) is 0 Å². The quantitative estimate of drug-likeness (QED) is 0.236. The summed E-state index contributed by atoms with van der Waals surface area (Å²) < 4.78 is 7.03. The molecule has 1 fully saturated rings. The Morgan fingerprint density at radius 3 is 2.32 bits per heavy atom. The van der Waals surface area contributed by atoms with Crippen LogP contribution in [0.3, 0.4) is 0 Å². The molecule has 1 aliphatic carbocycles. The molecule has 0 atom stereocenters. The first-order chi connectivity index (χ1) is 18.3. The molecule has 0 radical (unpaired) electrons. The minimum absolute atomic E-state index is 0.0413. The van der Waals surface area contributed by atoms with Gasteiger partial charge in [-0.3, -0.25) is 9.69 Å². The average molecular weight is 514 g/mol. The van der Waals surface area contributed by atoms with E-state index in [0.717, 1.165) is 36.9 Å². The Labute approximate surface area is 226 Å². The summed E-state index contributed by atoms with van der Waals surface area (Å²) in [5.74, 6) is 0.538. The van der Waals surface area contributed by atoms with E-state index < -0.39 is 5.97 Å². The molecule has 1 heterocycles. The molecule has 1 saturated carbocycles. The molecule has 0 saturated heterocycles. The molecular formula is C32H39N3O3. The van der Waals surface area contributed by atoms with E-state index in [1.165, 1.54) is 11.1 Å². The Balaban J connectivity index is 1.66. The zero-order valence-corrected chi connectivity index (χ0v) is 23.2. The molecule has 0 bridgehead atoms. The minimum atomic E-state index is -0.470. The van der Waals surface area contributed by atoms with Gasteiger partial charge < -0.3 is 4.74 Å². The molecule has 4 rings (SSSR count). The number of aromatic nitrogens is 2. The van der Waals surface area contributed by atoms with Gasteiger partial charge in [-0.25, -0.2) is 9.48 Å². The van der Waals surface area contributed by atoms with Crippen LogP contribution in [0.4, 0.5) is 5.82 Å². The third-order valence-electron chi connectivity index (χ3n) is 7.31. The monoisotopic (exact) mass is 513 g/mol. The van der Waals surface area contributed by atoms with Crippen LogP contribution >= 0.6 is 0 Å². The highest BCUT2D eigenvalue weighted by Gasteiger charge is 2.34. The molecule has 200 valence electrons. The number of amides is 1. The maximum absolute atomic E-state index is 13.7. The van der Waals surface area contributed by atoms with Crippen LogP contribution in [0, 0.1) is 11.8 Å². The molecule has 0 aliphatic heterocycles. The van der Waals surface area contributed by atoms with Gasteiger partial charge in [0.25, 0.3) is 0 Å². The van der Waals surface area contributed by atoms with Crippen molar-refractivity contribution in [2.24, 2.45) is 11.8 Å². The van der Waals surface area contributed by atoms with Gasteiger partial charge >= 0.3 is 5.97 Å². The summed E-state index contributed by atoms with van der Waals surface area (Å²) >= 11 is 0. The molecule has 3 aromatic rings. The highest BCUT2D eigenvalue weighted by Crippen LogP contribution is 2.33. The SMILES string of the molecule is CCOC(=O)c1cn(-c2ccc(/C=C(\C)c3ccccc3)cc2)nc1N(C(=O)[C@H]1CC[C@H](C)CC1)C(C)C. The van der Waals surface area contributed by atoms with Crippen LogP contribution in [0.25, 0.3) is 17.3 Å². The highest BCUT2D eigenvalue weighted by atomic mass is 16.5. The molecule has 0 unspecified atom stereocenters. The van der Waals surface area contributed by atoms with Crippen LogP contribution in [-0.2, 0) is 9.53 Å². The fourth-order valence-corrected chi connectivity index (χ4v) is 5.09. The number of hydrogen-bond donors (Lipinski definition) is 0. The standard InChI is InChI=1S/C32H39N3O3/c1-6-38-32(37)29-21-34(28-18-14-25(15-19-28)20-24(5)26-10-8-7-9-11-26)33-30(29)35(22(2)3)31(36)27-16-12-23(4)13-17-27/h7-11,14-15,18-23,27H,6,12-13,16-17H2,1-5H3/b24-20+/t23-,27-. The lowest BCUT2D eigenvalue weighted by Crippen LogP contribution is -2.43. The predicted octanol–water partition coefficient (Wildman–Crippen LogP) is 7.18. The fourth-order valence-electron chi connectivity index (χ4n) is 5.09. The molecule has 2 aromatic carbocycles. The second-order valence-corrected chi connectivity index (χ2v) is 10.6. The minimum Gasteiger partial charge on any atom is -0.462 e. The number of benzene rings is 2. The van der Waals surface area contributed by atoms with Crippen molar-refractivity contribution in [1.29, 1.82) is 0 Å². The number of allylic oxidation sites excluding steroid dienone is 1. The van der Waals surface area contributed by atoms with Gasteiger partial charge in [-0.1, -0.05) is 55.5 Å². The average Bonchev–Trinajstić information content (AvgIpc) is 3.35. The summed E-state index contributed by atoms with van der Waals surface area (Å²) in [6.45, 7) is 10.3. The van der Waals surface area contributed by atoms with Crippen molar-refractivity contribution in [2.75, 3.05) is 11.5 Å². The van der Waals surface area contributed by atoms with Crippen molar-refractivity contribution in [1.82, 2.24) is 9.78 Å². The summed E-state index contributed by atoms with van der Waals surface area (Å²) in [6, 6.07) is 18.1. The first kappa shape index (κ1) is 27.4. The number of anilines is 1. The number of carbonyl (C=O) groups is 2. The summed E-state index contributed by atoms with van der Waals surface area (Å²) in [5, 5.41) is 4.78. The summed E-state index contributed by atoms with van der Waals surface area (Å²) in [6.07, 6.45) is 7.66. The van der Waals surface area contributed by atoms with E-state index in [0.29, 0.717) is 17.3 Å². The van der Waals surface area contributed by atoms with Gasteiger partial charge in [0.15, 0.2) is 5.82 Å². The van der Waals surface area contributed by atoms with Crippen LogP contribution in [0.1, 0.15) is 81.8 Å². The number of hydrogen-bond acceptors (Lipinski definition) is 4. The van der Waals surface area contributed by atoms with Crippen molar-refractivity contribution in [2.45, 2.75) is 66.3 Å². The van der Waals surface area contributed by atoms with Gasteiger partial charge in [-0.05, 0) is 88.1 Å². The predicted molar refractivity (Wildman–Crippen MR) is 153 cm³/mol. The maximum Gasteiger partial charge on any atom is 0.343 e. The van der Waals surface area contributed by atoms with Crippen molar-refractivity contribution >= 4 is 29.3 Å². The summed E-state index contributed by atoms with van der Waals surface area (Å²) in [5.41, 5.74) is 4.53. The molecule has 38 heavy (non-hydrogen) atoms. The van der Waals surface area contributed by atoms with E-state index in [2.05, 4.69) is 32.1 Å². The van der Waals surface area contributed by atoms with Crippen molar-refractivity contribution in [3.63, 3.8) is 0 Å². The van der Waals surface area contributed by atoms with E-state index in [-0.39, 0.29) is 24.5 Å². The Morgan fingerprint density at radius 2 is 1.71 bits per heavy atom. The Bertz CT molecular complexity index is 1270. The molecule has 1 aliphatic rings.